The van der Waals surface area contributed by atoms with Gasteiger partial charge in [0.15, 0.2) is 0 Å². The molecule has 0 radical (unpaired) electrons. The van der Waals surface area contributed by atoms with Crippen LogP contribution in [0.4, 0.5) is 10.5 Å². The van der Waals surface area contributed by atoms with Crippen molar-refractivity contribution in [2.75, 3.05) is 5.32 Å². The van der Waals surface area contributed by atoms with Crippen LogP contribution in [-0.4, -0.2) is 22.6 Å². The van der Waals surface area contributed by atoms with Gasteiger partial charge in [-0.25, -0.2) is 4.79 Å². The molecule has 5 heteroatoms. The molecule has 0 aliphatic rings. The van der Waals surface area contributed by atoms with Crippen LogP contribution in [-0.2, 0) is 4.79 Å². The molecule has 0 aromatic heterocycles. The maximum absolute atomic E-state index is 11.9. The molecule has 0 saturated carbocycles. The molecule has 0 aliphatic carbocycles. The van der Waals surface area contributed by atoms with Gasteiger partial charge in [0.25, 0.3) is 0 Å². The molecule has 2 amide bonds. The summed E-state index contributed by atoms with van der Waals surface area (Å²) in [6.07, 6.45) is 0.935. The van der Waals surface area contributed by atoms with Gasteiger partial charge >= 0.3 is 12.0 Å². The van der Waals surface area contributed by atoms with Crippen LogP contribution < -0.4 is 10.6 Å². The van der Waals surface area contributed by atoms with Crippen molar-refractivity contribution < 1.29 is 14.7 Å². The Kier molecular flexibility index (Phi) is 5.76. The van der Waals surface area contributed by atoms with Crippen molar-refractivity contribution in [1.82, 2.24) is 5.32 Å². The Morgan fingerprint density at radius 3 is 2.29 bits per heavy atom. The monoisotopic (exact) mass is 292 g/mol. The molecule has 0 spiro atoms. The molecule has 0 heterocycles. The lowest BCUT2D eigenvalue weighted by atomic mass is 9.98. The zero-order valence-corrected chi connectivity index (χ0v) is 13.1. The SMILES string of the molecule is CCC(C)(C)NC(=O)Nc1ccc(C(C)CC(=O)O)cc1. The maximum Gasteiger partial charge on any atom is 0.319 e. The number of anilines is 1. The van der Waals surface area contributed by atoms with E-state index in [1.165, 1.54) is 0 Å². The number of hydrogen-bond donors (Lipinski definition) is 3. The first-order valence-corrected chi connectivity index (χ1v) is 7.14. The highest BCUT2D eigenvalue weighted by Crippen LogP contribution is 2.21. The van der Waals surface area contributed by atoms with E-state index < -0.39 is 5.97 Å². The minimum Gasteiger partial charge on any atom is -0.481 e. The van der Waals surface area contributed by atoms with Crippen LogP contribution in [0.1, 0.15) is 52.0 Å². The second kappa shape index (κ2) is 7.11. The number of carboxylic acids is 1. The number of aliphatic carboxylic acids is 1. The maximum atomic E-state index is 11.9. The van der Waals surface area contributed by atoms with Gasteiger partial charge in [0.2, 0.25) is 0 Å². The molecule has 116 valence electrons. The second-order valence-corrected chi connectivity index (χ2v) is 5.94. The lowest BCUT2D eigenvalue weighted by molar-refractivity contribution is -0.137. The molecule has 0 saturated heterocycles. The van der Waals surface area contributed by atoms with E-state index in [1.54, 1.807) is 12.1 Å². The van der Waals surface area contributed by atoms with Gasteiger partial charge in [-0.15, -0.1) is 0 Å². The van der Waals surface area contributed by atoms with E-state index in [1.807, 2.05) is 39.8 Å². The number of hydrogen-bond acceptors (Lipinski definition) is 2. The molecular formula is C16H24N2O3. The Balaban J connectivity index is 2.62. The molecule has 1 aromatic rings. The largest absolute Gasteiger partial charge is 0.481 e. The molecule has 5 nitrogen and oxygen atoms in total. The minimum absolute atomic E-state index is 0.0515. The predicted octanol–water partition coefficient (Wildman–Crippen LogP) is 3.57. The third-order valence-electron chi connectivity index (χ3n) is 3.55. The average Bonchev–Trinajstić information content (AvgIpc) is 2.38. The van der Waals surface area contributed by atoms with Crippen molar-refractivity contribution in [1.29, 1.82) is 0 Å². The van der Waals surface area contributed by atoms with Crippen molar-refractivity contribution in [3.63, 3.8) is 0 Å². The second-order valence-electron chi connectivity index (χ2n) is 5.94. The van der Waals surface area contributed by atoms with Gasteiger partial charge in [0.1, 0.15) is 0 Å². The molecule has 0 aliphatic heterocycles. The summed E-state index contributed by atoms with van der Waals surface area (Å²) in [6.45, 7) is 7.80. The molecule has 1 aromatic carbocycles. The number of benzene rings is 1. The summed E-state index contributed by atoms with van der Waals surface area (Å²) in [5.41, 5.74) is 1.38. The van der Waals surface area contributed by atoms with Crippen molar-refractivity contribution in [2.24, 2.45) is 0 Å². The first kappa shape index (κ1) is 17.0. The van der Waals surface area contributed by atoms with Crippen molar-refractivity contribution in [3.05, 3.63) is 29.8 Å². The summed E-state index contributed by atoms with van der Waals surface area (Å²) in [6, 6.07) is 7.01. The molecule has 0 fully saturated rings. The van der Waals surface area contributed by atoms with Gasteiger partial charge in [-0.05, 0) is 43.9 Å². The van der Waals surface area contributed by atoms with Crippen molar-refractivity contribution in [3.8, 4) is 0 Å². The van der Waals surface area contributed by atoms with Gasteiger partial charge in [-0.1, -0.05) is 26.0 Å². The quantitative estimate of drug-likeness (QED) is 0.750. The van der Waals surface area contributed by atoms with E-state index in [9.17, 15) is 9.59 Å². The van der Waals surface area contributed by atoms with Gasteiger partial charge in [0, 0.05) is 11.2 Å². The number of carbonyl (C=O) groups excluding carboxylic acids is 1. The fraction of sp³-hybridized carbons (Fsp3) is 0.500. The van der Waals surface area contributed by atoms with Crippen molar-refractivity contribution in [2.45, 2.75) is 52.0 Å². The number of urea groups is 1. The highest BCUT2D eigenvalue weighted by atomic mass is 16.4. The molecule has 1 unspecified atom stereocenters. The third-order valence-corrected chi connectivity index (χ3v) is 3.55. The standard InChI is InChI=1S/C16H24N2O3/c1-5-16(3,4)18-15(21)17-13-8-6-12(7-9-13)11(2)10-14(19)20/h6-9,11H,5,10H2,1-4H3,(H,19,20)(H2,17,18,21). The zero-order chi connectivity index (χ0) is 16.0. The topological polar surface area (TPSA) is 78.4 Å². The number of nitrogens with one attached hydrogen (secondary N) is 2. The van der Waals surface area contributed by atoms with Crippen LogP contribution in [0.5, 0.6) is 0 Å². The van der Waals surface area contributed by atoms with Gasteiger partial charge in [-0.3, -0.25) is 4.79 Å². The lowest BCUT2D eigenvalue weighted by Crippen LogP contribution is -2.45. The minimum atomic E-state index is -0.814. The van der Waals surface area contributed by atoms with Gasteiger partial charge < -0.3 is 15.7 Å². The number of carbonyl (C=O) groups is 2. The van der Waals surface area contributed by atoms with Crippen LogP contribution in [0.3, 0.4) is 0 Å². The average molecular weight is 292 g/mol. The Hall–Kier alpha value is -2.04. The van der Waals surface area contributed by atoms with E-state index in [-0.39, 0.29) is 23.9 Å². The Labute approximate surface area is 125 Å². The summed E-state index contributed by atoms with van der Waals surface area (Å²) in [7, 11) is 0. The molecule has 21 heavy (non-hydrogen) atoms. The zero-order valence-electron chi connectivity index (χ0n) is 13.1. The molecule has 0 bridgehead atoms. The lowest BCUT2D eigenvalue weighted by Gasteiger charge is -2.24. The molecule has 1 atom stereocenters. The Morgan fingerprint density at radius 2 is 1.81 bits per heavy atom. The highest BCUT2D eigenvalue weighted by molar-refractivity contribution is 5.89. The van der Waals surface area contributed by atoms with Gasteiger partial charge in [-0.2, -0.15) is 0 Å². The first-order chi connectivity index (χ1) is 9.73. The fourth-order valence-electron chi connectivity index (χ4n) is 1.83. The number of amides is 2. The van der Waals surface area contributed by atoms with E-state index in [0.717, 1.165) is 12.0 Å². The summed E-state index contributed by atoms with van der Waals surface area (Å²) in [5, 5.41) is 14.4. The molecule has 1 rings (SSSR count). The summed E-state index contributed by atoms with van der Waals surface area (Å²) in [4.78, 5) is 22.5. The molecular weight excluding hydrogens is 268 g/mol. The fourth-order valence-corrected chi connectivity index (χ4v) is 1.83. The van der Waals surface area contributed by atoms with Crippen LogP contribution in [0.2, 0.25) is 0 Å². The first-order valence-electron chi connectivity index (χ1n) is 7.14. The van der Waals surface area contributed by atoms with E-state index >= 15 is 0 Å². The van der Waals surface area contributed by atoms with Crippen LogP contribution >= 0.6 is 0 Å². The third kappa shape index (κ3) is 5.85. The van der Waals surface area contributed by atoms with Crippen molar-refractivity contribution >= 4 is 17.7 Å². The number of rotatable bonds is 6. The van der Waals surface area contributed by atoms with Crippen LogP contribution in [0.25, 0.3) is 0 Å². The van der Waals surface area contributed by atoms with E-state index in [4.69, 9.17) is 5.11 Å². The summed E-state index contributed by atoms with van der Waals surface area (Å²) >= 11 is 0. The normalized spacial score (nSPS) is 12.6. The highest BCUT2D eigenvalue weighted by Gasteiger charge is 2.17. The van der Waals surface area contributed by atoms with Crippen LogP contribution in [0.15, 0.2) is 24.3 Å². The molecule has 3 N–H and O–H groups in total. The summed E-state index contributed by atoms with van der Waals surface area (Å²) in [5.74, 6) is -0.865. The van der Waals surface area contributed by atoms with E-state index in [0.29, 0.717) is 5.69 Å². The predicted molar refractivity (Wildman–Crippen MR) is 83.6 cm³/mol. The van der Waals surface area contributed by atoms with Gasteiger partial charge in [0.05, 0.1) is 6.42 Å². The van der Waals surface area contributed by atoms with E-state index in [2.05, 4.69) is 10.6 Å². The van der Waals surface area contributed by atoms with Crippen LogP contribution in [0, 0.1) is 0 Å². The summed E-state index contributed by atoms with van der Waals surface area (Å²) < 4.78 is 0. The Bertz CT molecular complexity index is 495. The number of carboxylic acid groups (broad SMARTS) is 1. The smallest absolute Gasteiger partial charge is 0.319 e. The Morgan fingerprint density at radius 1 is 1.24 bits per heavy atom.